The van der Waals surface area contributed by atoms with Gasteiger partial charge >= 0.3 is 5.97 Å². The Hall–Kier alpha value is -2.95. The summed E-state index contributed by atoms with van der Waals surface area (Å²) in [7, 11) is 0. The molecule has 0 radical (unpaired) electrons. The maximum atomic E-state index is 12.9. The van der Waals surface area contributed by atoms with E-state index in [1.165, 1.54) is 11.8 Å². The fraction of sp³-hybridized carbons (Fsp3) is 0.727. The summed E-state index contributed by atoms with van der Waals surface area (Å²) in [4.78, 5) is 74.7. The molecule has 0 aromatic carbocycles. The summed E-state index contributed by atoms with van der Waals surface area (Å²) in [6.07, 6.45) is 2.10. The molecule has 5 atom stereocenters. The molecule has 0 aromatic heterocycles. The van der Waals surface area contributed by atoms with E-state index >= 15 is 0 Å². The standard InChI is InChI=1S/C22H39N7O8S/c1-12(18(32)27-14(22(36)37)5-2-3-7-23)26-17(31)9-25-20(34)16-6-4-8-29(16)21(35)15(10-30)28-19(33)13(24)11-38/h12-16,30,38H,2-11,23-24H2,1H3,(H,25,34)(H,26,31)(H,27,32)(H,28,33)(H,36,37)/t12-,13-,14-,15-,16-/m0/s1. The zero-order valence-corrected chi connectivity index (χ0v) is 22.2. The van der Waals surface area contributed by atoms with Crippen molar-refractivity contribution in [2.24, 2.45) is 11.5 Å². The van der Waals surface area contributed by atoms with Gasteiger partial charge in [0.05, 0.1) is 19.2 Å². The number of aliphatic hydroxyl groups excluding tert-OH is 1. The fourth-order valence-corrected chi connectivity index (χ4v) is 3.91. The molecule has 0 unspecified atom stereocenters. The van der Waals surface area contributed by atoms with E-state index in [0.29, 0.717) is 32.2 Å². The lowest BCUT2D eigenvalue weighted by Crippen LogP contribution is -2.57. The number of thiol groups is 1. The second-order valence-corrected chi connectivity index (χ2v) is 9.28. The van der Waals surface area contributed by atoms with Crippen LogP contribution in [-0.4, -0.2) is 113 Å². The number of carboxylic acids is 1. The maximum absolute atomic E-state index is 12.9. The molecule has 0 saturated carbocycles. The van der Waals surface area contributed by atoms with E-state index in [2.05, 4.69) is 33.9 Å². The SMILES string of the molecule is C[C@H](NC(=O)CNC(=O)[C@@H]1CCCN1C(=O)[C@H](CO)NC(=O)[C@@H](N)CS)C(=O)N[C@@H](CCCCN)C(=O)O. The van der Waals surface area contributed by atoms with Crippen LogP contribution in [0.25, 0.3) is 0 Å². The number of aliphatic carboxylic acids is 1. The first-order chi connectivity index (χ1) is 18.0. The molecule has 1 aliphatic heterocycles. The third-order valence-electron chi connectivity index (χ3n) is 5.92. The van der Waals surface area contributed by atoms with Crippen molar-refractivity contribution in [3.63, 3.8) is 0 Å². The smallest absolute Gasteiger partial charge is 0.326 e. The summed E-state index contributed by atoms with van der Waals surface area (Å²) >= 11 is 3.92. The van der Waals surface area contributed by atoms with E-state index in [0.717, 1.165) is 0 Å². The van der Waals surface area contributed by atoms with Gasteiger partial charge in [0.25, 0.3) is 0 Å². The summed E-state index contributed by atoms with van der Waals surface area (Å²) in [6, 6.07) is -5.40. The molecular formula is C22H39N7O8S. The van der Waals surface area contributed by atoms with Gasteiger partial charge in [-0.2, -0.15) is 12.6 Å². The summed E-state index contributed by atoms with van der Waals surface area (Å²) in [5.41, 5.74) is 11.0. The van der Waals surface area contributed by atoms with Crippen LogP contribution >= 0.6 is 12.6 Å². The predicted octanol–water partition coefficient (Wildman–Crippen LogP) is -3.97. The van der Waals surface area contributed by atoms with Crippen molar-refractivity contribution < 1.29 is 39.0 Å². The van der Waals surface area contributed by atoms with E-state index in [1.807, 2.05) is 0 Å². The number of amides is 5. The van der Waals surface area contributed by atoms with Gasteiger partial charge in [-0.25, -0.2) is 4.79 Å². The van der Waals surface area contributed by atoms with Gasteiger partial charge in [0.1, 0.15) is 24.2 Å². The highest BCUT2D eigenvalue weighted by Gasteiger charge is 2.38. The normalized spacial score (nSPS) is 18.0. The van der Waals surface area contributed by atoms with Crippen LogP contribution in [0.1, 0.15) is 39.0 Å². The highest BCUT2D eigenvalue weighted by Crippen LogP contribution is 2.18. The molecule has 1 fully saturated rings. The molecule has 5 amide bonds. The van der Waals surface area contributed by atoms with E-state index in [9.17, 15) is 39.0 Å². The third-order valence-corrected chi connectivity index (χ3v) is 6.32. The lowest BCUT2D eigenvalue weighted by Gasteiger charge is -2.28. The minimum Gasteiger partial charge on any atom is -0.480 e. The molecule has 38 heavy (non-hydrogen) atoms. The number of nitrogens with one attached hydrogen (secondary N) is 4. The van der Waals surface area contributed by atoms with Crippen molar-refractivity contribution in [1.82, 2.24) is 26.2 Å². The van der Waals surface area contributed by atoms with Crippen LogP contribution in [0.2, 0.25) is 0 Å². The van der Waals surface area contributed by atoms with Crippen molar-refractivity contribution in [3.05, 3.63) is 0 Å². The Bertz CT molecular complexity index is 862. The van der Waals surface area contributed by atoms with E-state index in [4.69, 9.17) is 11.5 Å². The Labute approximate surface area is 226 Å². The molecule has 16 heteroatoms. The topological polar surface area (TPSA) is 246 Å². The molecule has 1 rings (SSSR count). The fourth-order valence-electron chi connectivity index (χ4n) is 3.74. The van der Waals surface area contributed by atoms with Crippen LogP contribution in [0.15, 0.2) is 0 Å². The van der Waals surface area contributed by atoms with Crippen molar-refractivity contribution in [1.29, 1.82) is 0 Å². The number of hydrogen-bond acceptors (Lipinski definition) is 10. The van der Waals surface area contributed by atoms with Gasteiger partial charge in [0.15, 0.2) is 0 Å². The number of rotatable bonds is 16. The number of hydrogen-bond donors (Lipinski definition) is 9. The monoisotopic (exact) mass is 561 g/mol. The molecule has 0 aliphatic carbocycles. The Morgan fingerprint density at radius 2 is 1.71 bits per heavy atom. The van der Waals surface area contributed by atoms with Crippen LogP contribution in [-0.2, 0) is 28.8 Å². The maximum Gasteiger partial charge on any atom is 0.326 e. The average Bonchev–Trinajstić information content (AvgIpc) is 3.38. The first-order valence-corrected chi connectivity index (χ1v) is 13.0. The van der Waals surface area contributed by atoms with Gasteiger partial charge in [0.2, 0.25) is 29.5 Å². The molecule has 1 saturated heterocycles. The molecule has 10 N–H and O–H groups in total. The zero-order valence-electron chi connectivity index (χ0n) is 21.4. The number of carbonyl (C=O) groups is 6. The summed E-state index contributed by atoms with van der Waals surface area (Å²) in [5.74, 6) is -4.54. The van der Waals surface area contributed by atoms with E-state index in [1.54, 1.807) is 0 Å². The van der Waals surface area contributed by atoms with Crippen molar-refractivity contribution in [2.45, 2.75) is 69.2 Å². The first-order valence-electron chi connectivity index (χ1n) is 12.3. The molecular weight excluding hydrogens is 522 g/mol. The number of aliphatic hydroxyl groups is 1. The highest BCUT2D eigenvalue weighted by molar-refractivity contribution is 7.80. The minimum atomic E-state index is -1.30. The van der Waals surface area contributed by atoms with Gasteiger partial charge in [-0.3, -0.25) is 24.0 Å². The van der Waals surface area contributed by atoms with Crippen LogP contribution in [0, 0.1) is 0 Å². The number of carboxylic acid groups (broad SMARTS) is 1. The van der Waals surface area contributed by atoms with Gasteiger partial charge in [0, 0.05) is 12.3 Å². The molecule has 0 spiro atoms. The largest absolute Gasteiger partial charge is 0.480 e. The van der Waals surface area contributed by atoms with E-state index < -0.39 is 78.9 Å². The van der Waals surface area contributed by atoms with Crippen LogP contribution in [0.5, 0.6) is 0 Å². The van der Waals surface area contributed by atoms with Gasteiger partial charge < -0.3 is 47.8 Å². The van der Waals surface area contributed by atoms with Crippen molar-refractivity contribution >= 4 is 48.1 Å². The summed E-state index contributed by atoms with van der Waals surface area (Å²) in [5, 5.41) is 28.3. The Balaban J connectivity index is 2.61. The summed E-state index contributed by atoms with van der Waals surface area (Å²) in [6.45, 7) is 0.780. The number of nitrogens with zero attached hydrogens (tertiary/aromatic N) is 1. The second kappa shape index (κ2) is 16.8. The molecule has 1 heterocycles. The lowest BCUT2D eigenvalue weighted by molar-refractivity contribution is -0.142. The molecule has 216 valence electrons. The molecule has 15 nitrogen and oxygen atoms in total. The summed E-state index contributed by atoms with van der Waals surface area (Å²) < 4.78 is 0. The Morgan fingerprint density at radius 3 is 2.29 bits per heavy atom. The van der Waals surface area contributed by atoms with Gasteiger partial charge in [-0.1, -0.05) is 0 Å². The first kappa shape index (κ1) is 33.1. The van der Waals surface area contributed by atoms with Crippen LogP contribution in [0.4, 0.5) is 0 Å². The lowest BCUT2D eigenvalue weighted by atomic mass is 10.1. The quantitative estimate of drug-likeness (QED) is 0.0653. The minimum absolute atomic E-state index is 0.0319. The third kappa shape index (κ3) is 10.4. The second-order valence-electron chi connectivity index (χ2n) is 8.91. The number of likely N-dealkylation sites (tertiary alicyclic amines) is 1. The van der Waals surface area contributed by atoms with Gasteiger partial charge in [-0.05, 0) is 45.6 Å². The Kier molecular flexibility index (Phi) is 14.6. The average molecular weight is 562 g/mol. The molecule has 0 aromatic rings. The molecule has 1 aliphatic rings. The van der Waals surface area contributed by atoms with E-state index in [-0.39, 0.29) is 18.7 Å². The zero-order chi connectivity index (χ0) is 28.8. The molecule has 0 bridgehead atoms. The number of nitrogens with two attached hydrogens (primary N) is 2. The number of unbranched alkanes of at least 4 members (excludes halogenated alkanes) is 1. The highest BCUT2D eigenvalue weighted by atomic mass is 32.1. The predicted molar refractivity (Wildman–Crippen MR) is 139 cm³/mol. The van der Waals surface area contributed by atoms with Crippen LogP contribution in [0.3, 0.4) is 0 Å². The van der Waals surface area contributed by atoms with Crippen molar-refractivity contribution in [2.75, 3.05) is 32.0 Å². The van der Waals surface area contributed by atoms with Gasteiger partial charge in [-0.15, -0.1) is 0 Å². The van der Waals surface area contributed by atoms with Crippen molar-refractivity contribution in [3.8, 4) is 0 Å². The number of carbonyl (C=O) groups excluding carboxylic acids is 5. The van der Waals surface area contributed by atoms with Crippen LogP contribution < -0.4 is 32.7 Å². The Morgan fingerprint density at radius 1 is 1.05 bits per heavy atom.